The second-order valence-electron chi connectivity index (χ2n) is 6.77. The van der Waals surface area contributed by atoms with E-state index in [-0.39, 0.29) is 18.3 Å². The van der Waals surface area contributed by atoms with Gasteiger partial charge < -0.3 is 19.5 Å². The molecular weight excluding hydrogens is 327 g/mol. The number of nitrogens with zero attached hydrogens (tertiary/aromatic N) is 2. The molecule has 0 saturated carbocycles. The fourth-order valence-electron chi connectivity index (χ4n) is 3.31. The average Bonchev–Trinajstić information content (AvgIpc) is 2.62. The first-order valence-electron chi connectivity index (χ1n) is 8.73. The average molecular weight is 352 g/mol. The number of piperidine rings is 1. The van der Waals surface area contributed by atoms with Crippen molar-refractivity contribution < 1.29 is 23.8 Å². The Bertz CT molecular complexity index is 577. The summed E-state index contributed by atoms with van der Waals surface area (Å²) in [7, 11) is 0. The van der Waals surface area contributed by atoms with Crippen molar-refractivity contribution in [2.24, 2.45) is 0 Å². The molecule has 0 bridgehead atoms. The monoisotopic (exact) mass is 352 g/mol. The molecule has 1 aromatic carbocycles. The topological polar surface area (TPSA) is 62.2 Å². The Balaban J connectivity index is 1.50. The van der Waals surface area contributed by atoms with Crippen LogP contribution in [0.2, 0.25) is 0 Å². The predicted octanol–water partition coefficient (Wildman–Crippen LogP) is 0.890. The van der Waals surface area contributed by atoms with Gasteiger partial charge in [-0.2, -0.15) is 0 Å². The van der Waals surface area contributed by atoms with Gasteiger partial charge in [-0.05, 0) is 43.7 Å². The second kappa shape index (κ2) is 8.12. The fourth-order valence-corrected chi connectivity index (χ4v) is 3.31. The number of hydrogen-bond acceptors (Lipinski definition) is 5. The van der Waals surface area contributed by atoms with Gasteiger partial charge in [0.05, 0.1) is 19.8 Å². The van der Waals surface area contributed by atoms with E-state index in [0.717, 1.165) is 13.0 Å². The van der Waals surface area contributed by atoms with Gasteiger partial charge in [0, 0.05) is 19.6 Å². The molecule has 0 aromatic heterocycles. The third-order valence-corrected chi connectivity index (χ3v) is 4.68. The van der Waals surface area contributed by atoms with Gasteiger partial charge in [-0.25, -0.2) is 4.39 Å². The molecule has 1 aromatic rings. The summed E-state index contributed by atoms with van der Waals surface area (Å²) in [6, 6.07) is 5.74. The van der Waals surface area contributed by atoms with Crippen molar-refractivity contribution in [2.75, 3.05) is 52.5 Å². The van der Waals surface area contributed by atoms with Crippen molar-refractivity contribution in [2.45, 2.75) is 18.4 Å². The van der Waals surface area contributed by atoms with Crippen molar-refractivity contribution in [1.29, 1.82) is 0 Å². The number of likely N-dealkylation sites (tertiary alicyclic amines) is 1. The van der Waals surface area contributed by atoms with Crippen LogP contribution in [0.1, 0.15) is 12.8 Å². The number of β-amino-alcohol motifs (C(OH)–C–C–N with tert-alkyl or cyclic N) is 1. The molecule has 0 spiro atoms. The van der Waals surface area contributed by atoms with Gasteiger partial charge in [0.2, 0.25) is 5.91 Å². The summed E-state index contributed by atoms with van der Waals surface area (Å²) in [4.78, 5) is 16.2. The highest BCUT2D eigenvalue weighted by atomic mass is 19.1. The van der Waals surface area contributed by atoms with E-state index in [1.54, 1.807) is 12.1 Å². The lowest BCUT2D eigenvalue weighted by atomic mass is 9.93. The molecule has 1 N–H and O–H groups in total. The highest BCUT2D eigenvalue weighted by molar-refractivity contribution is 5.78. The molecule has 6 nitrogen and oxygen atoms in total. The number of halogens is 1. The lowest BCUT2D eigenvalue weighted by Crippen LogP contribution is -2.54. The van der Waals surface area contributed by atoms with Crippen molar-refractivity contribution in [3.8, 4) is 5.75 Å². The van der Waals surface area contributed by atoms with Crippen LogP contribution in [-0.4, -0.2) is 79.0 Å². The Kier molecular flexibility index (Phi) is 5.88. The zero-order valence-electron chi connectivity index (χ0n) is 14.3. The molecule has 7 heteroatoms. The lowest BCUT2D eigenvalue weighted by Gasteiger charge is -2.39. The number of ether oxygens (including phenoxy) is 2. The van der Waals surface area contributed by atoms with Gasteiger partial charge >= 0.3 is 0 Å². The minimum absolute atomic E-state index is 0.0759. The molecule has 2 fully saturated rings. The fraction of sp³-hybridized carbons (Fsp3) is 0.611. The zero-order chi connectivity index (χ0) is 17.7. The Morgan fingerprint density at radius 2 is 1.96 bits per heavy atom. The largest absolute Gasteiger partial charge is 0.491 e. The highest BCUT2D eigenvalue weighted by Crippen LogP contribution is 2.23. The summed E-state index contributed by atoms with van der Waals surface area (Å²) in [6.45, 7) is 4.04. The van der Waals surface area contributed by atoms with Crippen LogP contribution >= 0.6 is 0 Å². The molecular formula is C18H25FN2O4. The van der Waals surface area contributed by atoms with Crippen molar-refractivity contribution in [3.05, 3.63) is 30.1 Å². The predicted molar refractivity (Wildman–Crippen MR) is 89.9 cm³/mol. The zero-order valence-corrected chi connectivity index (χ0v) is 14.3. The van der Waals surface area contributed by atoms with Crippen LogP contribution in [0.3, 0.4) is 0 Å². The van der Waals surface area contributed by atoms with Crippen LogP contribution in [-0.2, 0) is 9.53 Å². The second-order valence-corrected chi connectivity index (χ2v) is 6.77. The van der Waals surface area contributed by atoms with Crippen LogP contribution in [0.4, 0.5) is 4.39 Å². The van der Waals surface area contributed by atoms with Gasteiger partial charge in [-0.3, -0.25) is 9.69 Å². The number of morpholine rings is 1. The molecule has 2 saturated heterocycles. The Morgan fingerprint density at radius 3 is 2.68 bits per heavy atom. The van der Waals surface area contributed by atoms with E-state index in [9.17, 15) is 14.3 Å². The number of carbonyl (C=O) groups is 1. The molecule has 0 radical (unpaired) electrons. The lowest BCUT2D eigenvalue weighted by molar-refractivity contribution is -0.138. The number of rotatable bonds is 5. The third kappa shape index (κ3) is 5.14. The summed E-state index contributed by atoms with van der Waals surface area (Å²) < 4.78 is 23.8. The summed E-state index contributed by atoms with van der Waals surface area (Å²) >= 11 is 0. The summed E-state index contributed by atoms with van der Waals surface area (Å²) in [6.07, 6.45) is 1.43. The molecule has 2 aliphatic rings. The maximum Gasteiger partial charge on any atom is 0.236 e. The Labute approximate surface area is 147 Å². The number of aliphatic hydroxyl groups is 1. The van der Waals surface area contributed by atoms with Gasteiger partial charge in [0.25, 0.3) is 0 Å². The van der Waals surface area contributed by atoms with Gasteiger partial charge in [-0.15, -0.1) is 0 Å². The Morgan fingerprint density at radius 1 is 1.24 bits per heavy atom. The minimum Gasteiger partial charge on any atom is -0.491 e. The first-order chi connectivity index (χ1) is 12.0. The van der Waals surface area contributed by atoms with E-state index in [0.29, 0.717) is 51.6 Å². The maximum absolute atomic E-state index is 12.9. The van der Waals surface area contributed by atoms with Crippen LogP contribution in [0.15, 0.2) is 24.3 Å². The van der Waals surface area contributed by atoms with Gasteiger partial charge in [-0.1, -0.05) is 0 Å². The quantitative estimate of drug-likeness (QED) is 0.853. The van der Waals surface area contributed by atoms with E-state index in [1.165, 1.54) is 12.1 Å². The molecule has 0 unspecified atom stereocenters. The molecule has 0 aliphatic carbocycles. The van der Waals surface area contributed by atoms with E-state index in [2.05, 4.69) is 0 Å². The van der Waals surface area contributed by atoms with Crippen LogP contribution in [0, 0.1) is 5.82 Å². The third-order valence-electron chi connectivity index (χ3n) is 4.68. The van der Waals surface area contributed by atoms with E-state index in [4.69, 9.17) is 9.47 Å². The van der Waals surface area contributed by atoms with E-state index < -0.39 is 5.60 Å². The van der Waals surface area contributed by atoms with Crippen LogP contribution in [0.5, 0.6) is 5.75 Å². The normalized spacial score (nSPS) is 25.0. The summed E-state index contributed by atoms with van der Waals surface area (Å²) in [5.41, 5.74) is -1.00. The van der Waals surface area contributed by atoms with E-state index in [1.807, 2.05) is 9.80 Å². The highest BCUT2D eigenvalue weighted by Gasteiger charge is 2.35. The molecule has 2 aliphatic heterocycles. The number of carbonyl (C=O) groups excluding carboxylic acids is 1. The van der Waals surface area contributed by atoms with Crippen LogP contribution in [0.25, 0.3) is 0 Å². The Hall–Kier alpha value is -1.70. The SMILES string of the molecule is O=C(CN1CCC[C@@](O)(COc2ccc(F)cc2)C1)N1CCOCC1. The summed E-state index contributed by atoms with van der Waals surface area (Å²) in [5, 5.41) is 10.8. The molecule has 1 amide bonds. The molecule has 25 heavy (non-hydrogen) atoms. The number of amides is 1. The van der Waals surface area contributed by atoms with Gasteiger partial charge in [0.1, 0.15) is 23.8 Å². The molecule has 3 rings (SSSR count). The standard InChI is InChI=1S/C18H25FN2O4/c19-15-2-4-16(5-3-15)25-14-18(23)6-1-7-20(13-18)12-17(22)21-8-10-24-11-9-21/h2-5,23H,1,6-14H2/t18-/m0/s1. The molecule has 138 valence electrons. The van der Waals surface area contributed by atoms with Crippen molar-refractivity contribution in [1.82, 2.24) is 9.80 Å². The minimum atomic E-state index is -1.00. The first kappa shape index (κ1) is 18.1. The number of benzene rings is 1. The van der Waals surface area contributed by atoms with Gasteiger partial charge in [0.15, 0.2) is 0 Å². The maximum atomic E-state index is 12.9. The van der Waals surface area contributed by atoms with E-state index >= 15 is 0 Å². The van der Waals surface area contributed by atoms with Crippen LogP contribution < -0.4 is 4.74 Å². The molecule has 2 heterocycles. The smallest absolute Gasteiger partial charge is 0.236 e. The van der Waals surface area contributed by atoms with Crippen molar-refractivity contribution in [3.63, 3.8) is 0 Å². The summed E-state index contributed by atoms with van der Waals surface area (Å²) in [5.74, 6) is 0.278. The number of hydrogen-bond donors (Lipinski definition) is 1. The van der Waals surface area contributed by atoms with Crippen molar-refractivity contribution >= 4 is 5.91 Å². The molecule has 1 atom stereocenters. The first-order valence-corrected chi connectivity index (χ1v) is 8.73.